The van der Waals surface area contributed by atoms with Crippen LogP contribution in [0.25, 0.3) is 5.69 Å². The Morgan fingerprint density at radius 3 is 2.64 bits per heavy atom. The summed E-state index contributed by atoms with van der Waals surface area (Å²) >= 11 is 5.90. The van der Waals surface area contributed by atoms with E-state index in [9.17, 15) is 23.2 Å². The Kier molecular flexibility index (Phi) is 6.98. The predicted octanol–water partition coefficient (Wildman–Crippen LogP) is 4.31. The number of methoxy groups -OCH3 is 1. The van der Waals surface area contributed by atoms with Crippen molar-refractivity contribution in [2.24, 2.45) is 0 Å². The molecule has 0 fully saturated rings. The number of nitrogens with two attached hydrogens (primary N) is 1. The summed E-state index contributed by atoms with van der Waals surface area (Å²) in [7, 11) is 1.21. The van der Waals surface area contributed by atoms with Crippen LogP contribution in [0, 0.1) is 11.3 Å². The predicted molar refractivity (Wildman–Crippen MR) is 117 cm³/mol. The molecule has 12 heteroatoms. The van der Waals surface area contributed by atoms with Crippen molar-refractivity contribution >= 4 is 34.8 Å². The highest BCUT2D eigenvalue weighted by Crippen LogP contribution is 2.32. The van der Waals surface area contributed by atoms with E-state index in [0.717, 1.165) is 6.07 Å². The van der Waals surface area contributed by atoms with Gasteiger partial charge in [0.05, 0.1) is 40.3 Å². The van der Waals surface area contributed by atoms with Crippen molar-refractivity contribution in [2.75, 3.05) is 36.6 Å². The lowest BCUT2D eigenvalue weighted by Gasteiger charge is -2.16. The lowest BCUT2D eigenvalue weighted by Crippen LogP contribution is -2.17. The molecular weight excluding hydrogens is 461 g/mol. The molecule has 2 aromatic heterocycles. The highest BCUT2D eigenvalue weighted by molar-refractivity contribution is 6.32. The number of carbonyl (C=O) groups is 1. The molecule has 4 N–H and O–H groups in total. The van der Waals surface area contributed by atoms with Gasteiger partial charge >= 0.3 is 12.1 Å². The van der Waals surface area contributed by atoms with Gasteiger partial charge in [-0.25, -0.2) is 9.78 Å². The van der Waals surface area contributed by atoms with E-state index in [2.05, 4.69) is 15.6 Å². The van der Waals surface area contributed by atoms with E-state index in [1.165, 1.54) is 17.9 Å². The molecule has 3 rings (SSSR count). The third kappa shape index (κ3) is 5.12. The van der Waals surface area contributed by atoms with Gasteiger partial charge in [0.2, 0.25) is 0 Å². The number of esters is 1. The number of nitriles is 1. The van der Waals surface area contributed by atoms with Gasteiger partial charge in [-0.3, -0.25) is 0 Å². The summed E-state index contributed by atoms with van der Waals surface area (Å²) in [6, 6.07) is 9.72. The summed E-state index contributed by atoms with van der Waals surface area (Å²) < 4.78 is 44.5. The van der Waals surface area contributed by atoms with Gasteiger partial charge in [-0.1, -0.05) is 23.7 Å². The normalized spacial score (nSPS) is 11.0. The fraction of sp³-hybridized carbons (Fsp3) is 0.190. The summed E-state index contributed by atoms with van der Waals surface area (Å²) in [5.41, 5.74) is 6.30. The van der Waals surface area contributed by atoms with Crippen LogP contribution in [0.5, 0.6) is 0 Å². The van der Waals surface area contributed by atoms with E-state index in [1.807, 2.05) is 6.07 Å². The van der Waals surface area contributed by atoms with Crippen LogP contribution in [-0.4, -0.2) is 35.7 Å². The van der Waals surface area contributed by atoms with Crippen molar-refractivity contribution in [1.29, 1.82) is 5.26 Å². The van der Waals surface area contributed by atoms with E-state index in [-0.39, 0.29) is 34.3 Å². The molecule has 0 aliphatic heterocycles. The van der Waals surface area contributed by atoms with Crippen molar-refractivity contribution in [3.63, 3.8) is 0 Å². The Labute approximate surface area is 191 Å². The Balaban J connectivity index is 1.76. The molecule has 0 aliphatic carbocycles. The number of rotatable bonds is 7. The smallest absolute Gasteiger partial charge is 0.417 e. The standard InChI is InChI=1S/C21H18ClF3N6O2/c1-33-20(32)18-17(27)12(9-26)11-31(18)16-5-3-2-4-15(16)28-6-7-29-19-14(22)8-13(10-30-19)21(23,24)25/h2-5,8,10-11,28H,6-7,27H2,1H3,(H,29,30). The van der Waals surface area contributed by atoms with E-state index in [0.29, 0.717) is 24.1 Å². The van der Waals surface area contributed by atoms with Gasteiger partial charge in [0.15, 0.2) is 5.69 Å². The lowest BCUT2D eigenvalue weighted by atomic mass is 10.2. The third-order valence-corrected chi connectivity index (χ3v) is 4.90. The molecule has 172 valence electrons. The van der Waals surface area contributed by atoms with Gasteiger partial charge in [0.25, 0.3) is 0 Å². The Hall–Kier alpha value is -3.91. The molecule has 8 nitrogen and oxygen atoms in total. The van der Waals surface area contributed by atoms with Gasteiger partial charge in [-0.2, -0.15) is 18.4 Å². The maximum Gasteiger partial charge on any atom is 0.417 e. The number of carbonyl (C=O) groups excluding carboxylic acids is 1. The molecule has 0 bridgehead atoms. The second-order valence-electron chi connectivity index (χ2n) is 6.70. The molecule has 0 amide bonds. The zero-order valence-electron chi connectivity index (χ0n) is 17.2. The summed E-state index contributed by atoms with van der Waals surface area (Å²) in [5, 5.41) is 15.2. The topological polar surface area (TPSA) is 118 Å². The summed E-state index contributed by atoms with van der Waals surface area (Å²) in [4.78, 5) is 16.0. The summed E-state index contributed by atoms with van der Waals surface area (Å²) in [5.74, 6) is -0.585. The maximum atomic E-state index is 12.7. The molecule has 0 unspecified atom stereocenters. The number of nitrogens with one attached hydrogen (secondary N) is 2. The minimum absolute atomic E-state index is 0.00356. The first kappa shape index (κ1) is 23.7. The number of alkyl halides is 3. The molecule has 0 aliphatic rings. The number of ether oxygens (including phenoxy) is 1. The van der Waals surface area contributed by atoms with Crippen LogP contribution in [0.2, 0.25) is 5.02 Å². The quantitative estimate of drug-likeness (QED) is 0.342. The second-order valence-corrected chi connectivity index (χ2v) is 7.11. The first-order chi connectivity index (χ1) is 15.7. The van der Waals surface area contributed by atoms with Crippen LogP contribution in [0.15, 0.2) is 42.7 Å². The summed E-state index contributed by atoms with van der Waals surface area (Å²) in [6.45, 7) is 0.596. The number of pyridine rings is 1. The highest BCUT2D eigenvalue weighted by Gasteiger charge is 2.31. The van der Waals surface area contributed by atoms with Crippen molar-refractivity contribution in [1.82, 2.24) is 9.55 Å². The van der Waals surface area contributed by atoms with Gasteiger partial charge in [0.1, 0.15) is 11.9 Å². The first-order valence-electron chi connectivity index (χ1n) is 9.46. The van der Waals surface area contributed by atoms with E-state index in [4.69, 9.17) is 22.1 Å². The Morgan fingerprint density at radius 2 is 2.00 bits per heavy atom. The van der Waals surface area contributed by atoms with Crippen LogP contribution in [0.3, 0.4) is 0 Å². The van der Waals surface area contributed by atoms with Crippen LogP contribution < -0.4 is 16.4 Å². The number of hydrogen-bond acceptors (Lipinski definition) is 7. The number of hydrogen-bond donors (Lipinski definition) is 3. The van der Waals surface area contributed by atoms with Gasteiger partial charge in [0, 0.05) is 25.5 Å². The van der Waals surface area contributed by atoms with Gasteiger partial charge in [-0.05, 0) is 18.2 Å². The summed E-state index contributed by atoms with van der Waals surface area (Å²) in [6.07, 6.45) is -2.39. The Morgan fingerprint density at radius 1 is 1.30 bits per heavy atom. The SMILES string of the molecule is COC(=O)c1c(N)c(C#N)cn1-c1ccccc1NCCNc1ncc(C(F)(F)F)cc1Cl. The number of nitrogen functional groups attached to an aromatic ring is 1. The fourth-order valence-corrected chi connectivity index (χ4v) is 3.27. The molecule has 0 atom stereocenters. The van der Waals surface area contributed by atoms with Crippen molar-refractivity contribution in [3.05, 3.63) is 64.6 Å². The average Bonchev–Trinajstić information content (AvgIpc) is 3.12. The molecule has 0 saturated heterocycles. The van der Waals surface area contributed by atoms with Gasteiger partial charge < -0.3 is 25.7 Å². The largest absolute Gasteiger partial charge is 0.464 e. The molecule has 1 aromatic carbocycles. The van der Waals surface area contributed by atoms with E-state index >= 15 is 0 Å². The average molecular weight is 479 g/mol. The molecule has 0 radical (unpaired) electrons. The van der Waals surface area contributed by atoms with Gasteiger partial charge in [-0.15, -0.1) is 0 Å². The molecule has 0 spiro atoms. The fourth-order valence-electron chi connectivity index (χ4n) is 3.04. The van der Waals surface area contributed by atoms with Crippen molar-refractivity contribution < 1.29 is 22.7 Å². The third-order valence-electron chi connectivity index (χ3n) is 4.61. The molecule has 33 heavy (non-hydrogen) atoms. The zero-order valence-corrected chi connectivity index (χ0v) is 18.0. The van der Waals surface area contributed by atoms with E-state index < -0.39 is 17.7 Å². The van der Waals surface area contributed by atoms with Crippen LogP contribution in [-0.2, 0) is 10.9 Å². The zero-order chi connectivity index (χ0) is 24.2. The molecule has 3 aromatic rings. The first-order valence-corrected chi connectivity index (χ1v) is 9.84. The second kappa shape index (κ2) is 9.70. The van der Waals surface area contributed by atoms with Crippen LogP contribution in [0.1, 0.15) is 21.6 Å². The molecule has 0 saturated carbocycles. The minimum Gasteiger partial charge on any atom is -0.464 e. The van der Waals surface area contributed by atoms with Crippen LogP contribution >= 0.6 is 11.6 Å². The Bertz CT molecular complexity index is 1220. The van der Waals surface area contributed by atoms with E-state index in [1.54, 1.807) is 24.3 Å². The number of para-hydroxylation sites is 2. The number of halogens is 4. The number of nitrogens with zero attached hydrogens (tertiary/aromatic N) is 3. The molecular formula is C21H18ClF3N6O2. The maximum absolute atomic E-state index is 12.7. The van der Waals surface area contributed by atoms with Crippen LogP contribution in [0.4, 0.5) is 30.4 Å². The number of benzene rings is 1. The number of anilines is 3. The lowest BCUT2D eigenvalue weighted by molar-refractivity contribution is -0.137. The monoisotopic (exact) mass is 478 g/mol. The molecule has 2 heterocycles. The van der Waals surface area contributed by atoms with Crippen molar-refractivity contribution in [2.45, 2.75) is 6.18 Å². The minimum atomic E-state index is -4.53. The number of aromatic nitrogens is 2. The van der Waals surface area contributed by atoms with Crippen molar-refractivity contribution in [3.8, 4) is 11.8 Å². The highest BCUT2D eigenvalue weighted by atomic mass is 35.5.